The monoisotopic (exact) mass is 658 g/mol. The number of benzene rings is 2. The van der Waals surface area contributed by atoms with Crippen molar-refractivity contribution in [2.45, 2.75) is 37.5 Å². The molecule has 1 fully saturated rings. The van der Waals surface area contributed by atoms with E-state index in [1.54, 1.807) is 32.6 Å². The third-order valence-electron chi connectivity index (χ3n) is 8.77. The fourth-order valence-corrected chi connectivity index (χ4v) is 7.01. The van der Waals surface area contributed by atoms with Crippen LogP contribution in [-0.4, -0.2) is 57.3 Å². The zero-order chi connectivity index (χ0) is 31.9. The molecule has 1 saturated heterocycles. The van der Waals surface area contributed by atoms with Gasteiger partial charge in [0.25, 0.3) is 5.56 Å². The number of methoxy groups -OCH3 is 1. The summed E-state index contributed by atoms with van der Waals surface area (Å²) < 4.78 is 12.5. The lowest BCUT2D eigenvalue weighted by molar-refractivity contribution is -0.0304. The molecular formula is C34H32Cl2N6O4. The summed E-state index contributed by atoms with van der Waals surface area (Å²) in [5.74, 6) is 0.923. The Labute approximate surface area is 275 Å². The summed E-state index contributed by atoms with van der Waals surface area (Å²) in [7, 11) is 3.22. The van der Waals surface area contributed by atoms with E-state index in [9.17, 15) is 9.90 Å². The average molecular weight is 660 g/mol. The van der Waals surface area contributed by atoms with Crippen LogP contribution in [0.25, 0.3) is 33.2 Å². The van der Waals surface area contributed by atoms with Crippen molar-refractivity contribution in [3.63, 3.8) is 0 Å². The summed E-state index contributed by atoms with van der Waals surface area (Å²) >= 11 is 14.1. The fraction of sp³-hybridized carbons (Fsp3) is 0.294. The van der Waals surface area contributed by atoms with Gasteiger partial charge in [-0.2, -0.15) is 5.10 Å². The van der Waals surface area contributed by atoms with Crippen LogP contribution >= 0.6 is 23.2 Å². The molecule has 10 nitrogen and oxygen atoms in total. The Hall–Kier alpha value is -4.06. The molecule has 2 aliphatic rings. The minimum atomic E-state index is -0.550. The molecule has 0 spiro atoms. The molecule has 3 N–H and O–H groups in total. The van der Waals surface area contributed by atoms with Gasteiger partial charge in [0.1, 0.15) is 5.82 Å². The van der Waals surface area contributed by atoms with E-state index in [2.05, 4.69) is 26.8 Å². The van der Waals surface area contributed by atoms with Crippen LogP contribution < -0.4 is 20.9 Å². The van der Waals surface area contributed by atoms with Gasteiger partial charge in [0.05, 0.1) is 52.8 Å². The number of anilines is 2. The van der Waals surface area contributed by atoms with Crippen LogP contribution in [0.5, 0.6) is 5.88 Å². The van der Waals surface area contributed by atoms with Crippen LogP contribution in [0.2, 0.25) is 10.0 Å². The number of ether oxygens (including phenoxy) is 2. The van der Waals surface area contributed by atoms with E-state index in [4.69, 9.17) is 37.7 Å². The maximum Gasteiger partial charge on any atom is 0.278 e. The molecule has 7 rings (SSSR count). The van der Waals surface area contributed by atoms with Crippen LogP contribution in [-0.2, 0) is 18.2 Å². The van der Waals surface area contributed by atoms with Crippen LogP contribution in [0.3, 0.4) is 0 Å². The highest BCUT2D eigenvalue weighted by molar-refractivity contribution is 6.39. The molecule has 5 aromatic rings. The number of aliphatic hydroxyl groups excluding tert-OH is 1. The van der Waals surface area contributed by atoms with Gasteiger partial charge in [-0.3, -0.25) is 4.79 Å². The Morgan fingerprint density at radius 2 is 1.85 bits per heavy atom. The number of aliphatic hydroxyl groups is 1. The number of aromatic nitrogens is 4. The molecule has 0 amide bonds. The number of rotatable bonds is 7. The molecule has 2 aromatic carbocycles. The normalized spacial score (nSPS) is 19.3. The maximum absolute atomic E-state index is 12.9. The zero-order valence-electron chi connectivity index (χ0n) is 25.3. The lowest BCUT2D eigenvalue weighted by Crippen LogP contribution is -2.47. The van der Waals surface area contributed by atoms with Crippen LogP contribution in [0.1, 0.15) is 30.0 Å². The van der Waals surface area contributed by atoms with Gasteiger partial charge in [0.2, 0.25) is 5.88 Å². The number of nitrogens with zero attached hydrogens (tertiary/aromatic N) is 4. The Balaban J connectivity index is 1.23. The molecular weight excluding hydrogens is 627 g/mol. The highest BCUT2D eigenvalue weighted by Crippen LogP contribution is 2.44. The molecule has 0 radical (unpaired) electrons. The van der Waals surface area contributed by atoms with Gasteiger partial charge in [-0.15, -0.1) is 0 Å². The van der Waals surface area contributed by atoms with Crippen LogP contribution in [0.4, 0.5) is 11.5 Å². The third kappa shape index (κ3) is 5.50. The third-order valence-corrected chi connectivity index (χ3v) is 9.59. The second-order valence-corrected chi connectivity index (χ2v) is 12.3. The SMILES string of the molecule is COc1nc(-c2cccc(-c3cccc(Nc4nccc5cnn(C)c(=O)c45)c3Cl)c2Cl)cc2c1C(NC1CCOCC1O)CC2. The first-order valence-electron chi connectivity index (χ1n) is 15.1. The second-order valence-electron chi connectivity index (χ2n) is 11.5. The molecule has 1 aliphatic heterocycles. The van der Waals surface area contributed by atoms with Crippen molar-refractivity contribution in [2.75, 3.05) is 25.6 Å². The predicted octanol–water partition coefficient (Wildman–Crippen LogP) is 5.84. The zero-order valence-corrected chi connectivity index (χ0v) is 26.8. The van der Waals surface area contributed by atoms with Crippen molar-refractivity contribution in [3.05, 3.63) is 92.5 Å². The lowest BCUT2D eigenvalue weighted by Gasteiger charge is -2.31. The van der Waals surface area contributed by atoms with Gasteiger partial charge in [-0.05, 0) is 43.0 Å². The predicted molar refractivity (Wildman–Crippen MR) is 179 cm³/mol. The van der Waals surface area contributed by atoms with E-state index in [0.717, 1.165) is 41.5 Å². The summed E-state index contributed by atoms with van der Waals surface area (Å²) in [6.45, 7) is 0.958. The molecule has 0 saturated carbocycles. The highest BCUT2D eigenvalue weighted by Gasteiger charge is 2.33. The minimum absolute atomic E-state index is 0.0211. The van der Waals surface area contributed by atoms with Crippen LogP contribution in [0.15, 0.2) is 65.7 Å². The summed E-state index contributed by atoms with van der Waals surface area (Å²) in [4.78, 5) is 22.2. The largest absolute Gasteiger partial charge is 0.481 e. The molecule has 12 heteroatoms. The first kappa shape index (κ1) is 30.6. The summed E-state index contributed by atoms with van der Waals surface area (Å²) in [6.07, 6.45) is 5.16. The quantitative estimate of drug-likeness (QED) is 0.198. The van der Waals surface area contributed by atoms with Crippen molar-refractivity contribution in [1.82, 2.24) is 25.1 Å². The fourth-order valence-electron chi connectivity index (χ4n) is 6.41. The first-order chi connectivity index (χ1) is 22.3. The van der Waals surface area contributed by atoms with Gasteiger partial charge in [-0.1, -0.05) is 53.5 Å². The van der Waals surface area contributed by atoms with Crippen molar-refractivity contribution < 1.29 is 14.6 Å². The standard InChI is InChI=1S/C34H32Cl2N6O4/c1-42-34(44)29-19(16-38-42)11-13-37-32(29)40-25-8-4-6-21(31(25)36)20-5-3-7-22(30(20)35)26-15-18-9-10-24(28(18)33(41-26)45-2)39-23-12-14-46-17-27(23)43/h3-8,11,13,15-16,23-24,27,39,43H,9-10,12,14,17H2,1-2H3,(H,37,40). The van der Waals surface area contributed by atoms with Gasteiger partial charge in [-0.25, -0.2) is 14.6 Å². The van der Waals surface area contributed by atoms with Crippen molar-refractivity contribution >= 4 is 45.5 Å². The minimum Gasteiger partial charge on any atom is -0.481 e. The van der Waals surface area contributed by atoms with Gasteiger partial charge < -0.3 is 25.2 Å². The van der Waals surface area contributed by atoms with E-state index >= 15 is 0 Å². The van der Waals surface area contributed by atoms with Gasteiger partial charge in [0.15, 0.2) is 0 Å². The number of hydrogen-bond acceptors (Lipinski definition) is 9. The molecule has 1 aliphatic carbocycles. The molecule has 4 heterocycles. The highest BCUT2D eigenvalue weighted by atomic mass is 35.5. The van der Waals surface area contributed by atoms with Crippen molar-refractivity contribution in [1.29, 1.82) is 0 Å². The molecule has 46 heavy (non-hydrogen) atoms. The number of aryl methyl sites for hydroxylation is 2. The Morgan fingerprint density at radius 3 is 2.65 bits per heavy atom. The van der Waals surface area contributed by atoms with Crippen molar-refractivity contribution in [3.8, 4) is 28.3 Å². The summed E-state index contributed by atoms with van der Waals surface area (Å²) in [5, 5.41) is 23.4. The molecule has 3 atom stereocenters. The maximum atomic E-state index is 12.9. The van der Waals surface area contributed by atoms with E-state index in [1.165, 1.54) is 4.68 Å². The number of halogens is 2. The topological polar surface area (TPSA) is 123 Å². The van der Waals surface area contributed by atoms with Gasteiger partial charge >= 0.3 is 0 Å². The Bertz CT molecular complexity index is 2020. The van der Waals surface area contributed by atoms with Crippen molar-refractivity contribution in [2.24, 2.45) is 7.05 Å². The smallest absolute Gasteiger partial charge is 0.278 e. The number of fused-ring (bicyclic) bond motifs is 2. The average Bonchev–Trinajstić information content (AvgIpc) is 3.47. The number of nitrogens with one attached hydrogen (secondary N) is 2. The van der Waals surface area contributed by atoms with E-state index < -0.39 is 6.10 Å². The molecule has 3 aromatic heterocycles. The molecule has 3 unspecified atom stereocenters. The molecule has 236 valence electrons. The van der Waals surface area contributed by atoms with Gasteiger partial charge in [0, 0.05) is 59.6 Å². The molecule has 0 bridgehead atoms. The number of hydrogen-bond donors (Lipinski definition) is 3. The van der Waals surface area contributed by atoms with Crippen LogP contribution in [0, 0.1) is 0 Å². The van der Waals surface area contributed by atoms with E-state index in [0.29, 0.717) is 62.7 Å². The van der Waals surface area contributed by atoms with E-state index in [-0.39, 0.29) is 17.6 Å². The number of pyridine rings is 2. The summed E-state index contributed by atoms with van der Waals surface area (Å²) in [6, 6.07) is 15.2. The lowest BCUT2D eigenvalue weighted by atomic mass is 9.99. The Morgan fingerprint density at radius 1 is 1.07 bits per heavy atom. The Kier molecular flexibility index (Phi) is 8.39. The first-order valence-corrected chi connectivity index (χ1v) is 15.8. The summed E-state index contributed by atoms with van der Waals surface area (Å²) in [5.41, 5.74) is 5.35. The van der Waals surface area contributed by atoms with E-state index in [1.807, 2.05) is 36.4 Å². The second kappa shape index (κ2) is 12.6.